The monoisotopic (exact) mass is 161 g/mol. The molecule has 0 saturated heterocycles. The van der Waals surface area contributed by atoms with Crippen LogP contribution in [0.3, 0.4) is 0 Å². The van der Waals surface area contributed by atoms with Crippen molar-refractivity contribution in [1.82, 2.24) is 4.98 Å². The predicted octanol–water partition coefficient (Wildman–Crippen LogP) is 1.49. The molecule has 0 saturated carbocycles. The molecule has 2 N–H and O–H groups in total. The van der Waals surface area contributed by atoms with Gasteiger partial charge in [-0.2, -0.15) is 5.26 Å². The number of anilines is 1. The number of nitrogens with zero attached hydrogens (tertiary/aromatic N) is 2. The van der Waals surface area contributed by atoms with E-state index < -0.39 is 0 Å². The van der Waals surface area contributed by atoms with Gasteiger partial charge in [0.2, 0.25) is 0 Å². The number of pyridine rings is 1. The van der Waals surface area contributed by atoms with Crippen LogP contribution in [0.4, 0.5) is 5.82 Å². The summed E-state index contributed by atoms with van der Waals surface area (Å²) < 4.78 is 0. The van der Waals surface area contributed by atoms with Gasteiger partial charge in [0.1, 0.15) is 11.9 Å². The molecule has 1 rings (SSSR count). The molecule has 0 bridgehead atoms. The molecule has 12 heavy (non-hydrogen) atoms. The van der Waals surface area contributed by atoms with Gasteiger partial charge in [-0.15, -0.1) is 0 Å². The minimum Gasteiger partial charge on any atom is -0.383 e. The third-order valence-corrected chi connectivity index (χ3v) is 1.65. The molecule has 0 atom stereocenters. The zero-order valence-corrected chi connectivity index (χ0v) is 7.04. The Labute approximate surface area is 71.8 Å². The Kier molecular flexibility index (Phi) is 2.65. The fourth-order valence-corrected chi connectivity index (χ4v) is 1.05. The Morgan fingerprint density at radius 1 is 1.67 bits per heavy atom. The second kappa shape index (κ2) is 3.72. The van der Waals surface area contributed by atoms with Gasteiger partial charge in [-0.05, 0) is 18.1 Å². The molecule has 3 nitrogen and oxygen atoms in total. The van der Waals surface area contributed by atoms with Gasteiger partial charge < -0.3 is 5.73 Å². The van der Waals surface area contributed by atoms with Crippen LogP contribution in [0.1, 0.15) is 24.5 Å². The lowest BCUT2D eigenvalue weighted by Crippen LogP contribution is -1.98. The molecule has 0 fully saturated rings. The van der Waals surface area contributed by atoms with E-state index in [-0.39, 0.29) is 0 Å². The number of hydrogen-bond acceptors (Lipinski definition) is 3. The molecule has 1 aromatic heterocycles. The first kappa shape index (κ1) is 8.54. The normalized spacial score (nSPS) is 9.33. The van der Waals surface area contributed by atoms with Crippen molar-refractivity contribution in [1.29, 1.82) is 5.26 Å². The highest BCUT2D eigenvalue weighted by atomic mass is 14.8. The van der Waals surface area contributed by atoms with Crippen molar-refractivity contribution < 1.29 is 0 Å². The van der Waals surface area contributed by atoms with Gasteiger partial charge in [-0.25, -0.2) is 4.98 Å². The van der Waals surface area contributed by atoms with Gasteiger partial charge >= 0.3 is 0 Å². The highest BCUT2D eigenvalue weighted by Gasteiger charge is 2.00. The number of nitrogen functional groups attached to an aromatic ring is 1. The molecule has 3 heteroatoms. The Bertz CT molecular complexity index is 312. The number of nitrogens with two attached hydrogens (primary N) is 1. The maximum atomic E-state index is 8.59. The lowest BCUT2D eigenvalue weighted by molar-refractivity contribution is 0.916. The van der Waals surface area contributed by atoms with Crippen molar-refractivity contribution in [2.75, 3.05) is 5.73 Å². The van der Waals surface area contributed by atoms with Crippen molar-refractivity contribution in [3.63, 3.8) is 0 Å². The zero-order chi connectivity index (χ0) is 8.97. The SMILES string of the molecule is CCCc1cc(C#N)cnc1N. The molecule has 0 aliphatic heterocycles. The topological polar surface area (TPSA) is 62.7 Å². The number of aryl methyl sites for hydroxylation is 1. The Morgan fingerprint density at radius 2 is 2.42 bits per heavy atom. The summed E-state index contributed by atoms with van der Waals surface area (Å²) in [6.45, 7) is 2.07. The summed E-state index contributed by atoms with van der Waals surface area (Å²) in [4.78, 5) is 3.92. The zero-order valence-electron chi connectivity index (χ0n) is 7.04. The van der Waals surface area contributed by atoms with Gasteiger partial charge in [0, 0.05) is 6.20 Å². The lowest BCUT2D eigenvalue weighted by Gasteiger charge is -2.01. The lowest BCUT2D eigenvalue weighted by atomic mass is 10.1. The summed E-state index contributed by atoms with van der Waals surface area (Å²) in [6.07, 6.45) is 3.39. The van der Waals surface area contributed by atoms with Crippen LogP contribution in [0, 0.1) is 11.3 Å². The fourth-order valence-electron chi connectivity index (χ4n) is 1.05. The van der Waals surface area contributed by atoms with Crippen LogP contribution < -0.4 is 5.73 Å². The van der Waals surface area contributed by atoms with Crippen molar-refractivity contribution in [2.24, 2.45) is 0 Å². The van der Waals surface area contributed by atoms with Gasteiger partial charge in [-0.3, -0.25) is 0 Å². The fraction of sp³-hybridized carbons (Fsp3) is 0.333. The Hall–Kier alpha value is -1.56. The molecule has 0 aromatic carbocycles. The average molecular weight is 161 g/mol. The molecule has 1 aromatic rings. The van der Waals surface area contributed by atoms with E-state index in [4.69, 9.17) is 11.0 Å². The van der Waals surface area contributed by atoms with Crippen LogP contribution >= 0.6 is 0 Å². The standard InChI is InChI=1S/C9H11N3/c1-2-3-8-4-7(5-10)6-12-9(8)11/h4,6H,2-3H2,1H3,(H2,11,12). The van der Waals surface area contributed by atoms with Crippen LogP contribution in [-0.2, 0) is 6.42 Å². The summed E-state index contributed by atoms with van der Waals surface area (Å²) in [5.74, 6) is 0.538. The van der Waals surface area contributed by atoms with Crippen LogP contribution in [0.2, 0.25) is 0 Å². The van der Waals surface area contributed by atoms with E-state index in [0.29, 0.717) is 11.4 Å². The van der Waals surface area contributed by atoms with Crippen LogP contribution in [0.15, 0.2) is 12.3 Å². The van der Waals surface area contributed by atoms with E-state index in [1.54, 1.807) is 6.07 Å². The molecule has 0 aliphatic carbocycles. The summed E-state index contributed by atoms with van der Waals surface area (Å²) in [6, 6.07) is 3.83. The molecule has 1 heterocycles. The third-order valence-electron chi connectivity index (χ3n) is 1.65. The largest absolute Gasteiger partial charge is 0.383 e. The van der Waals surface area contributed by atoms with E-state index in [2.05, 4.69) is 11.9 Å². The smallest absolute Gasteiger partial charge is 0.126 e. The van der Waals surface area contributed by atoms with Crippen molar-refractivity contribution in [2.45, 2.75) is 19.8 Å². The Balaban J connectivity index is 3.01. The first-order chi connectivity index (χ1) is 5.77. The first-order valence-corrected chi connectivity index (χ1v) is 3.92. The minimum absolute atomic E-state index is 0.538. The van der Waals surface area contributed by atoms with Gasteiger partial charge in [0.15, 0.2) is 0 Å². The van der Waals surface area contributed by atoms with Crippen LogP contribution in [-0.4, -0.2) is 4.98 Å². The predicted molar refractivity (Wildman–Crippen MR) is 47.4 cm³/mol. The van der Waals surface area contributed by atoms with E-state index in [1.165, 1.54) is 6.20 Å². The van der Waals surface area contributed by atoms with E-state index in [0.717, 1.165) is 18.4 Å². The van der Waals surface area contributed by atoms with Crippen molar-refractivity contribution in [3.8, 4) is 6.07 Å². The quantitative estimate of drug-likeness (QED) is 0.714. The maximum absolute atomic E-state index is 8.59. The summed E-state index contributed by atoms with van der Waals surface area (Å²) in [5.41, 5.74) is 7.16. The van der Waals surface area contributed by atoms with Crippen molar-refractivity contribution in [3.05, 3.63) is 23.4 Å². The number of rotatable bonds is 2. The number of aromatic nitrogens is 1. The molecule has 62 valence electrons. The number of nitriles is 1. The highest BCUT2D eigenvalue weighted by molar-refractivity contribution is 5.44. The van der Waals surface area contributed by atoms with E-state index in [9.17, 15) is 0 Å². The van der Waals surface area contributed by atoms with Gasteiger partial charge in [-0.1, -0.05) is 13.3 Å². The molecule has 0 aliphatic rings. The molecule has 0 unspecified atom stereocenters. The average Bonchev–Trinajstić information content (AvgIpc) is 2.09. The molecular formula is C9H11N3. The first-order valence-electron chi connectivity index (χ1n) is 3.92. The van der Waals surface area contributed by atoms with Crippen LogP contribution in [0.25, 0.3) is 0 Å². The second-order valence-electron chi connectivity index (χ2n) is 2.63. The Morgan fingerprint density at radius 3 is 3.00 bits per heavy atom. The van der Waals surface area contributed by atoms with Gasteiger partial charge in [0.25, 0.3) is 0 Å². The maximum Gasteiger partial charge on any atom is 0.126 e. The molecule has 0 radical (unpaired) electrons. The number of hydrogen-bond donors (Lipinski definition) is 1. The summed E-state index contributed by atoms with van der Waals surface area (Å²) in [5, 5.41) is 8.59. The van der Waals surface area contributed by atoms with Gasteiger partial charge in [0.05, 0.1) is 5.56 Å². The molecular weight excluding hydrogens is 150 g/mol. The summed E-state index contributed by atoms with van der Waals surface area (Å²) >= 11 is 0. The third kappa shape index (κ3) is 1.73. The van der Waals surface area contributed by atoms with E-state index in [1.807, 2.05) is 6.07 Å². The van der Waals surface area contributed by atoms with Crippen LogP contribution in [0.5, 0.6) is 0 Å². The minimum atomic E-state index is 0.538. The molecule has 0 spiro atoms. The second-order valence-corrected chi connectivity index (χ2v) is 2.63. The molecule has 0 amide bonds. The highest BCUT2D eigenvalue weighted by Crippen LogP contribution is 2.11. The van der Waals surface area contributed by atoms with E-state index >= 15 is 0 Å². The summed E-state index contributed by atoms with van der Waals surface area (Å²) in [7, 11) is 0. The van der Waals surface area contributed by atoms with Crippen molar-refractivity contribution >= 4 is 5.82 Å².